The van der Waals surface area contributed by atoms with Crippen LogP contribution in [0, 0.1) is 13.8 Å². The molecule has 0 atom stereocenters. The Labute approximate surface area is 180 Å². The van der Waals surface area contributed by atoms with Gasteiger partial charge in [-0.15, -0.1) is 0 Å². The Morgan fingerprint density at radius 3 is 2.23 bits per heavy atom. The number of phenolic OH excluding ortho intramolecular Hbond substituents is 1. The third kappa shape index (κ3) is 3.88. The zero-order valence-electron chi connectivity index (χ0n) is 17.6. The number of fused-ring (bicyclic) bond motifs is 1. The lowest BCUT2D eigenvalue weighted by molar-refractivity contribution is -0.112. The first kappa shape index (κ1) is 20.2. The molecule has 0 aliphatic carbocycles. The Morgan fingerprint density at radius 2 is 1.55 bits per heavy atom. The monoisotopic (exact) mass is 413 g/mol. The van der Waals surface area contributed by atoms with Crippen LogP contribution in [0.25, 0.3) is 5.57 Å². The van der Waals surface area contributed by atoms with E-state index in [1.807, 2.05) is 50.2 Å². The van der Waals surface area contributed by atoms with E-state index in [0.717, 1.165) is 28.1 Å². The maximum atomic E-state index is 13.5. The molecule has 0 bridgehead atoms. The van der Waals surface area contributed by atoms with Gasteiger partial charge in [-0.1, -0.05) is 24.3 Å². The average Bonchev–Trinajstić information content (AvgIpc) is 3.03. The van der Waals surface area contributed by atoms with Gasteiger partial charge in [0.2, 0.25) is 0 Å². The number of carbonyl (C=O) groups is 2. The number of aryl methyl sites for hydroxylation is 2. The van der Waals surface area contributed by atoms with Gasteiger partial charge in [0.1, 0.15) is 5.75 Å². The topological polar surface area (TPSA) is 81.7 Å². The fourth-order valence-electron chi connectivity index (χ4n) is 3.81. The van der Waals surface area contributed by atoms with Gasteiger partial charge in [0, 0.05) is 22.5 Å². The molecule has 0 aromatic heterocycles. The molecule has 31 heavy (non-hydrogen) atoms. The molecule has 6 heteroatoms. The molecular formula is C25H23N3O3. The van der Waals surface area contributed by atoms with Crippen LogP contribution >= 0.6 is 0 Å². The first-order valence-corrected chi connectivity index (χ1v) is 9.93. The SMILES string of the molecule is CC(NNC(=O)c1ccc(O)cc1)=C1C(=O)N(c2cc(C)cc(C)c2)c2ccccc21. The summed E-state index contributed by atoms with van der Waals surface area (Å²) in [6, 6.07) is 19.6. The summed E-state index contributed by atoms with van der Waals surface area (Å²) >= 11 is 0. The lowest BCUT2D eigenvalue weighted by atomic mass is 10.1. The molecule has 0 unspecified atom stereocenters. The standard InChI is InChI=1S/C25H23N3O3/c1-15-12-16(2)14-19(13-15)28-22-7-5-4-6-21(22)23(25(28)31)17(3)26-27-24(30)18-8-10-20(29)11-9-18/h4-14,26,29H,1-3H3,(H,27,30). The molecule has 1 aliphatic rings. The second kappa shape index (κ2) is 7.99. The molecule has 0 saturated carbocycles. The average molecular weight is 413 g/mol. The number of carbonyl (C=O) groups excluding carboxylic acids is 2. The Morgan fingerprint density at radius 1 is 0.903 bits per heavy atom. The normalized spacial score (nSPS) is 14.3. The van der Waals surface area contributed by atoms with Crippen LogP contribution < -0.4 is 15.8 Å². The summed E-state index contributed by atoms with van der Waals surface area (Å²) in [5.41, 5.74) is 11.5. The van der Waals surface area contributed by atoms with E-state index in [9.17, 15) is 14.7 Å². The zero-order valence-corrected chi connectivity index (χ0v) is 17.6. The van der Waals surface area contributed by atoms with Crippen molar-refractivity contribution in [2.75, 3.05) is 4.90 Å². The Kier molecular flexibility index (Phi) is 5.21. The largest absolute Gasteiger partial charge is 0.508 e. The van der Waals surface area contributed by atoms with Gasteiger partial charge in [0.25, 0.3) is 11.8 Å². The summed E-state index contributed by atoms with van der Waals surface area (Å²) < 4.78 is 0. The van der Waals surface area contributed by atoms with Crippen LogP contribution in [-0.2, 0) is 4.79 Å². The number of para-hydroxylation sites is 1. The number of nitrogens with one attached hydrogen (secondary N) is 2. The van der Waals surface area contributed by atoms with Crippen molar-refractivity contribution in [3.05, 3.63) is 94.7 Å². The fraction of sp³-hybridized carbons (Fsp3) is 0.120. The number of hydrogen-bond donors (Lipinski definition) is 3. The van der Waals surface area contributed by atoms with Crippen molar-refractivity contribution in [2.24, 2.45) is 0 Å². The lowest BCUT2D eigenvalue weighted by Crippen LogP contribution is -2.37. The van der Waals surface area contributed by atoms with Crippen LogP contribution in [0.5, 0.6) is 5.75 Å². The van der Waals surface area contributed by atoms with Gasteiger partial charge < -0.3 is 10.5 Å². The van der Waals surface area contributed by atoms with E-state index in [-0.39, 0.29) is 17.6 Å². The van der Waals surface area contributed by atoms with Gasteiger partial charge in [-0.25, -0.2) is 0 Å². The van der Waals surface area contributed by atoms with E-state index in [1.165, 1.54) is 24.3 Å². The molecule has 3 aromatic carbocycles. The van der Waals surface area contributed by atoms with Gasteiger partial charge in [0.05, 0.1) is 11.3 Å². The van der Waals surface area contributed by atoms with Crippen LogP contribution in [0.15, 0.2) is 72.4 Å². The van der Waals surface area contributed by atoms with Gasteiger partial charge in [-0.05, 0) is 74.4 Å². The predicted molar refractivity (Wildman–Crippen MR) is 121 cm³/mol. The molecule has 0 fully saturated rings. The molecule has 156 valence electrons. The maximum Gasteiger partial charge on any atom is 0.269 e. The third-order valence-electron chi connectivity index (χ3n) is 5.16. The second-order valence-corrected chi connectivity index (χ2v) is 7.63. The van der Waals surface area contributed by atoms with Crippen LogP contribution in [0.1, 0.15) is 34.0 Å². The second-order valence-electron chi connectivity index (χ2n) is 7.63. The minimum Gasteiger partial charge on any atom is -0.508 e. The van der Waals surface area contributed by atoms with Gasteiger partial charge >= 0.3 is 0 Å². The van der Waals surface area contributed by atoms with E-state index >= 15 is 0 Å². The summed E-state index contributed by atoms with van der Waals surface area (Å²) in [7, 11) is 0. The van der Waals surface area contributed by atoms with Crippen molar-refractivity contribution < 1.29 is 14.7 Å². The number of allylic oxidation sites excluding steroid dienone is 1. The number of rotatable bonds is 4. The molecule has 0 spiro atoms. The minimum absolute atomic E-state index is 0.0856. The highest BCUT2D eigenvalue weighted by Gasteiger charge is 2.35. The van der Waals surface area contributed by atoms with Crippen molar-refractivity contribution in [3.8, 4) is 5.75 Å². The number of nitrogens with zero attached hydrogens (tertiary/aromatic N) is 1. The number of amides is 2. The molecule has 0 radical (unpaired) electrons. The highest BCUT2D eigenvalue weighted by molar-refractivity contribution is 6.35. The van der Waals surface area contributed by atoms with Crippen molar-refractivity contribution in [1.82, 2.24) is 10.9 Å². The highest BCUT2D eigenvalue weighted by atomic mass is 16.3. The van der Waals surface area contributed by atoms with Crippen LogP contribution in [0.3, 0.4) is 0 Å². The van der Waals surface area contributed by atoms with Gasteiger partial charge in [-0.2, -0.15) is 0 Å². The Hall–Kier alpha value is -4.06. The number of aromatic hydroxyl groups is 1. The number of anilines is 2. The molecule has 1 aliphatic heterocycles. The summed E-state index contributed by atoms with van der Waals surface area (Å²) in [5.74, 6) is -0.442. The first-order valence-electron chi connectivity index (χ1n) is 9.93. The van der Waals surface area contributed by atoms with E-state index in [2.05, 4.69) is 16.9 Å². The molecule has 3 aromatic rings. The molecule has 1 heterocycles. The van der Waals surface area contributed by atoms with Crippen molar-refractivity contribution in [2.45, 2.75) is 20.8 Å². The molecule has 6 nitrogen and oxygen atoms in total. The number of hydrogen-bond acceptors (Lipinski definition) is 4. The van der Waals surface area contributed by atoms with Crippen molar-refractivity contribution in [1.29, 1.82) is 0 Å². The Balaban J connectivity index is 1.66. The molecule has 3 N–H and O–H groups in total. The van der Waals surface area contributed by atoms with E-state index < -0.39 is 0 Å². The van der Waals surface area contributed by atoms with Crippen LogP contribution in [-0.4, -0.2) is 16.9 Å². The lowest BCUT2D eigenvalue weighted by Gasteiger charge is -2.19. The fourth-order valence-corrected chi connectivity index (χ4v) is 3.81. The number of benzene rings is 3. The third-order valence-corrected chi connectivity index (χ3v) is 5.16. The molecule has 0 saturated heterocycles. The van der Waals surface area contributed by atoms with E-state index in [0.29, 0.717) is 16.8 Å². The molecular weight excluding hydrogens is 390 g/mol. The summed E-state index contributed by atoms with van der Waals surface area (Å²) in [6.45, 7) is 5.77. The molecule has 4 rings (SSSR count). The first-order chi connectivity index (χ1) is 14.8. The smallest absolute Gasteiger partial charge is 0.269 e. The quantitative estimate of drug-likeness (QED) is 0.439. The number of hydrazine groups is 1. The van der Waals surface area contributed by atoms with E-state index in [4.69, 9.17) is 0 Å². The van der Waals surface area contributed by atoms with Gasteiger partial charge in [0.15, 0.2) is 0 Å². The minimum atomic E-state index is -0.371. The maximum absolute atomic E-state index is 13.5. The Bertz CT molecular complexity index is 1190. The predicted octanol–water partition coefficient (Wildman–Crippen LogP) is 4.35. The van der Waals surface area contributed by atoms with Gasteiger partial charge in [-0.3, -0.25) is 19.9 Å². The van der Waals surface area contributed by atoms with Crippen molar-refractivity contribution in [3.63, 3.8) is 0 Å². The summed E-state index contributed by atoms with van der Waals surface area (Å²) in [6.07, 6.45) is 0. The van der Waals surface area contributed by atoms with E-state index in [1.54, 1.807) is 11.8 Å². The summed E-state index contributed by atoms with van der Waals surface area (Å²) in [4.78, 5) is 27.6. The van der Waals surface area contributed by atoms with Crippen molar-refractivity contribution >= 4 is 28.8 Å². The van der Waals surface area contributed by atoms with Crippen LogP contribution in [0.4, 0.5) is 11.4 Å². The highest BCUT2D eigenvalue weighted by Crippen LogP contribution is 2.42. The zero-order chi connectivity index (χ0) is 22.1. The molecule has 2 amide bonds. The number of phenols is 1. The summed E-state index contributed by atoms with van der Waals surface area (Å²) in [5, 5.41) is 9.38. The van der Waals surface area contributed by atoms with Crippen LogP contribution in [0.2, 0.25) is 0 Å².